The molecule has 4 heteroatoms. The molecule has 21 heavy (non-hydrogen) atoms. The molecule has 2 aromatic carbocycles. The van der Waals surface area contributed by atoms with Crippen molar-refractivity contribution in [3.63, 3.8) is 0 Å². The lowest BCUT2D eigenvalue weighted by atomic mass is 9.95. The molecule has 0 aliphatic carbocycles. The molecule has 0 heterocycles. The van der Waals surface area contributed by atoms with E-state index < -0.39 is 6.10 Å². The highest BCUT2D eigenvalue weighted by Crippen LogP contribution is 2.32. The van der Waals surface area contributed by atoms with Gasteiger partial charge in [0.1, 0.15) is 5.82 Å². The van der Waals surface area contributed by atoms with Gasteiger partial charge in [0.25, 0.3) is 5.91 Å². The van der Waals surface area contributed by atoms with Crippen LogP contribution < -0.4 is 0 Å². The lowest BCUT2D eigenvalue weighted by molar-refractivity contribution is -0.139. The van der Waals surface area contributed by atoms with E-state index in [4.69, 9.17) is 4.74 Å². The summed E-state index contributed by atoms with van der Waals surface area (Å²) in [6.07, 6.45) is -0.754. The Hall–Kier alpha value is -2.20. The summed E-state index contributed by atoms with van der Waals surface area (Å²) in [5, 5.41) is 0. The van der Waals surface area contributed by atoms with Crippen LogP contribution in [-0.2, 0) is 9.53 Å². The Balaban J connectivity index is 2.56. The normalized spacial score (nSPS) is 12.0. The predicted octanol–water partition coefficient (Wildman–Crippen LogP) is 3.27. The minimum Gasteiger partial charge on any atom is -0.367 e. The van der Waals surface area contributed by atoms with Crippen molar-refractivity contribution in [2.75, 3.05) is 21.2 Å². The van der Waals surface area contributed by atoms with E-state index in [0.717, 1.165) is 0 Å². The summed E-state index contributed by atoms with van der Waals surface area (Å²) in [6.45, 7) is 0. The predicted molar refractivity (Wildman–Crippen MR) is 80.3 cm³/mol. The molecule has 0 radical (unpaired) electrons. The Morgan fingerprint density at radius 1 is 1.05 bits per heavy atom. The second-order valence-corrected chi connectivity index (χ2v) is 4.92. The molecule has 2 aromatic rings. The van der Waals surface area contributed by atoms with Gasteiger partial charge in [-0.1, -0.05) is 42.5 Å². The number of carbonyl (C=O) groups excluding carboxylic acids is 1. The van der Waals surface area contributed by atoms with Gasteiger partial charge in [-0.15, -0.1) is 0 Å². The van der Waals surface area contributed by atoms with Crippen LogP contribution in [0.2, 0.25) is 0 Å². The number of hydrogen-bond donors (Lipinski definition) is 0. The van der Waals surface area contributed by atoms with Crippen molar-refractivity contribution >= 4 is 5.91 Å². The van der Waals surface area contributed by atoms with Crippen LogP contribution >= 0.6 is 0 Å². The molecule has 0 aliphatic rings. The van der Waals surface area contributed by atoms with E-state index in [9.17, 15) is 9.18 Å². The molecule has 0 fully saturated rings. The number of benzene rings is 2. The summed E-state index contributed by atoms with van der Waals surface area (Å²) in [5.41, 5.74) is 1.78. The summed E-state index contributed by atoms with van der Waals surface area (Å²) < 4.78 is 19.4. The van der Waals surface area contributed by atoms with Crippen LogP contribution in [0.1, 0.15) is 11.7 Å². The smallest absolute Gasteiger partial charge is 0.255 e. The summed E-state index contributed by atoms with van der Waals surface area (Å²) in [7, 11) is 4.81. The van der Waals surface area contributed by atoms with E-state index in [-0.39, 0.29) is 11.7 Å². The van der Waals surface area contributed by atoms with Crippen LogP contribution in [0.15, 0.2) is 48.5 Å². The van der Waals surface area contributed by atoms with E-state index >= 15 is 0 Å². The molecule has 0 aromatic heterocycles. The molecule has 2 rings (SSSR count). The molecule has 0 saturated heterocycles. The van der Waals surface area contributed by atoms with Crippen molar-refractivity contribution in [3.05, 3.63) is 59.9 Å². The van der Waals surface area contributed by atoms with E-state index in [1.807, 2.05) is 12.1 Å². The molecule has 0 spiro atoms. The van der Waals surface area contributed by atoms with Crippen LogP contribution in [-0.4, -0.2) is 32.0 Å². The molecule has 0 aliphatic heterocycles. The summed E-state index contributed by atoms with van der Waals surface area (Å²) in [5.74, 6) is -0.501. The number of halogens is 1. The highest BCUT2D eigenvalue weighted by molar-refractivity contribution is 5.85. The quantitative estimate of drug-likeness (QED) is 0.863. The maximum Gasteiger partial charge on any atom is 0.255 e. The fourth-order valence-electron chi connectivity index (χ4n) is 2.25. The number of ether oxygens (including phenoxy) is 1. The number of amides is 1. The molecular formula is C17H18FNO2. The van der Waals surface area contributed by atoms with Crippen molar-refractivity contribution in [1.82, 2.24) is 4.90 Å². The fourth-order valence-corrected chi connectivity index (χ4v) is 2.25. The SMILES string of the molecule is COC(C(=O)N(C)C)c1ccccc1-c1ccccc1F. The van der Waals surface area contributed by atoms with Gasteiger partial charge in [-0.3, -0.25) is 4.79 Å². The lowest BCUT2D eigenvalue weighted by Gasteiger charge is -2.22. The van der Waals surface area contributed by atoms with Gasteiger partial charge in [-0.2, -0.15) is 0 Å². The highest BCUT2D eigenvalue weighted by Gasteiger charge is 2.25. The standard InChI is InChI=1S/C17H18FNO2/c1-19(2)17(20)16(21-3)14-10-5-4-8-12(14)13-9-6-7-11-15(13)18/h4-11,16H,1-3H3. The van der Waals surface area contributed by atoms with E-state index in [2.05, 4.69) is 0 Å². The highest BCUT2D eigenvalue weighted by atomic mass is 19.1. The molecule has 1 unspecified atom stereocenters. The van der Waals surface area contributed by atoms with E-state index in [1.54, 1.807) is 44.4 Å². The molecule has 0 saturated carbocycles. The molecular weight excluding hydrogens is 269 g/mol. The van der Waals surface area contributed by atoms with Crippen LogP contribution in [0.5, 0.6) is 0 Å². The Morgan fingerprint density at radius 3 is 2.19 bits per heavy atom. The number of carbonyl (C=O) groups is 1. The zero-order chi connectivity index (χ0) is 15.4. The third-order valence-corrected chi connectivity index (χ3v) is 3.31. The average molecular weight is 287 g/mol. The molecule has 0 N–H and O–H groups in total. The van der Waals surface area contributed by atoms with E-state index in [0.29, 0.717) is 16.7 Å². The monoisotopic (exact) mass is 287 g/mol. The molecule has 3 nitrogen and oxygen atoms in total. The Labute approximate surface area is 124 Å². The maximum absolute atomic E-state index is 14.0. The van der Waals surface area contributed by atoms with Crippen molar-refractivity contribution in [3.8, 4) is 11.1 Å². The zero-order valence-electron chi connectivity index (χ0n) is 12.3. The largest absolute Gasteiger partial charge is 0.367 e. The molecule has 110 valence electrons. The van der Waals surface area contributed by atoms with Crippen LogP contribution in [0.25, 0.3) is 11.1 Å². The van der Waals surface area contributed by atoms with Crippen molar-refractivity contribution < 1.29 is 13.9 Å². The maximum atomic E-state index is 14.0. The Kier molecular flexibility index (Phi) is 4.70. The van der Waals surface area contributed by atoms with Gasteiger partial charge in [0.05, 0.1) is 0 Å². The molecule has 1 atom stereocenters. The summed E-state index contributed by atoms with van der Waals surface area (Å²) >= 11 is 0. The number of rotatable bonds is 4. The first-order valence-corrected chi connectivity index (χ1v) is 6.64. The first kappa shape index (κ1) is 15.2. The third kappa shape index (κ3) is 3.11. The zero-order valence-corrected chi connectivity index (χ0v) is 12.3. The van der Waals surface area contributed by atoms with Gasteiger partial charge in [0, 0.05) is 26.8 Å². The number of likely N-dealkylation sites (N-methyl/N-ethyl adjacent to an activating group) is 1. The van der Waals surface area contributed by atoms with E-state index in [1.165, 1.54) is 18.1 Å². The molecule has 1 amide bonds. The van der Waals surface area contributed by atoms with Gasteiger partial charge in [-0.25, -0.2) is 4.39 Å². The first-order chi connectivity index (χ1) is 10.1. The lowest BCUT2D eigenvalue weighted by Crippen LogP contribution is -2.29. The number of methoxy groups -OCH3 is 1. The summed E-state index contributed by atoms with van der Waals surface area (Å²) in [4.78, 5) is 13.7. The minimum absolute atomic E-state index is 0.179. The van der Waals surface area contributed by atoms with Gasteiger partial charge in [0.15, 0.2) is 6.10 Å². The topological polar surface area (TPSA) is 29.5 Å². The number of hydrogen-bond acceptors (Lipinski definition) is 2. The van der Waals surface area contributed by atoms with Crippen molar-refractivity contribution in [1.29, 1.82) is 0 Å². The third-order valence-electron chi connectivity index (χ3n) is 3.31. The van der Waals surface area contributed by atoms with Gasteiger partial charge in [0.2, 0.25) is 0 Å². The van der Waals surface area contributed by atoms with Crippen molar-refractivity contribution in [2.45, 2.75) is 6.10 Å². The van der Waals surface area contributed by atoms with Gasteiger partial charge < -0.3 is 9.64 Å². The second kappa shape index (κ2) is 6.50. The first-order valence-electron chi connectivity index (χ1n) is 6.64. The fraction of sp³-hybridized carbons (Fsp3) is 0.235. The van der Waals surface area contributed by atoms with Crippen LogP contribution in [0.4, 0.5) is 4.39 Å². The summed E-state index contributed by atoms with van der Waals surface area (Å²) in [6, 6.07) is 13.7. The van der Waals surface area contributed by atoms with Gasteiger partial charge in [-0.05, 0) is 17.2 Å². The minimum atomic E-state index is -0.754. The Morgan fingerprint density at radius 2 is 1.62 bits per heavy atom. The van der Waals surface area contributed by atoms with Gasteiger partial charge >= 0.3 is 0 Å². The van der Waals surface area contributed by atoms with Crippen LogP contribution in [0.3, 0.4) is 0 Å². The van der Waals surface area contributed by atoms with Crippen molar-refractivity contribution in [2.24, 2.45) is 0 Å². The number of nitrogens with zero attached hydrogens (tertiary/aromatic N) is 1. The Bertz CT molecular complexity index is 640. The van der Waals surface area contributed by atoms with Crippen LogP contribution in [0, 0.1) is 5.82 Å². The second-order valence-electron chi connectivity index (χ2n) is 4.92. The average Bonchev–Trinajstić information content (AvgIpc) is 2.49. The molecule has 0 bridgehead atoms.